The summed E-state index contributed by atoms with van der Waals surface area (Å²) in [5, 5.41) is 4.65. The molecule has 3 aromatic rings. The topological polar surface area (TPSA) is 47.4 Å². The zero-order valence-corrected chi connectivity index (χ0v) is 18.1. The first-order valence-corrected chi connectivity index (χ1v) is 11.1. The maximum Gasteiger partial charge on any atom is 0.254 e. The molecule has 1 unspecified atom stereocenters. The third-order valence-electron chi connectivity index (χ3n) is 7.15. The second kappa shape index (κ2) is 7.45. The molecule has 8 heteroatoms. The van der Waals surface area contributed by atoms with Gasteiger partial charge in [0.1, 0.15) is 0 Å². The van der Waals surface area contributed by atoms with Gasteiger partial charge in [0.2, 0.25) is 0 Å². The second-order valence-corrected chi connectivity index (χ2v) is 9.04. The quantitative estimate of drug-likeness (QED) is 0.538. The third-order valence-corrected chi connectivity index (χ3v) is 7.15. The summed E-state index contributed by atoms with van der Waals surface area (Å²) in [6.45, 7) is 1.21. The normalized spacial score (nSPS) is 21.2. The van der Waals surface area contributed by atoms with Crippen LogP contribution >= 0.6 is 0 Å². The van der Waals surface area contributed by atoms with Crippen molar-refractivity contribution in [3.8, 4) is 11.3 Å². The number of ether oxygens (including phenoxy) is 1. The highest BCUT2D eigenvalue weighted by atomic mass is 19.2. The molecule has 5 nitrogen and oxygen atoms in total. The van der Waals surface area contributed by atoms with Crippen LogP contribution in [-0.2, 0) is 31.2 Å². The van der Waals surface area contributed by atoms with Crippen LogP contribution in [0.2, 0.25) is 0 Å². The van der Waals surface area contributed by atoms with Gasteiger partial charge in [0.25, 0.3) is 5.91 Å². The lowest BCUT2D eigenvalue weighted by Crippen LogP contribution is -2.42. The Kier molecular flexibility index (Phi) is 4.62. The fraction of sp³-hybridized carbons (Fsp3) is 0.360. The molecule has 4 heterocycles. The van der Waals surface area contributed by atoms with Gasteiger partial charge in [-0.25, -0.2) is 13.2 Å². The van der Waals surface area contributed by atoms with E-state index < -0.39 is 17.5 Å². The van der Waals surface area contributed by atoms with E-state index in [1.54, 1.807) is 11.7 Å². The molecule has 0 aliphatic carbocycles. The van der Waals surface area contributed by atoms with E-state index in [-0.39, 0.29) is 23.6 Å². The van der Waals surface area contributed by atoms with Crippen LogP contribution in [0.5, 0.6) is 0 Å². The SMILES string of the molecule is Cn1nc2c(c1-c1cc(F)c(F)c(F)c1)CC1CC[C@@H]2N1C(=O)c1ccc2c(c1)COCC2. The van der Waals surface area contributed by atoms with Crippen molar-refractivity contribution in [2.24, 2.45) is 7.05 Å². The molecule has 0 radical (unpaired) electrons. The minimum atomic E-state index is -1.48. The molecule has 1 fully saturated rings. The summed E-state index contributed by atoms with van der Waals surface area (Å²) in [5.41, 5.74) is 5.35. The summed E-state index contributed by atoms with van der Waals surface area (Å²) in [7, 11) is 1.70. The summed E-state index contributed by atoms with van der Waals surface area (Å²) >= 11 is 0. The average Bonchev–Trinajstić information content (AvgIpc) is 3.32. The Hall–Kier alpha value is -3.13. The van der Waals surface area contributed by atoms with Gasteiger partial charge < -0.3 is 9.64 Å². The Morgan fingerprint density at radius 3 is 2.67 bits per heavy atom. The molecule has 2 atom stereocenters. The Morgan fingerprint density at radius 2 is 1.88 bits per heavy atom. The van der Waals surface area contributed by atoms with Crippen molar-refractivity contribution >= 4 is 5.91 Å². The lowest BCUT2D eigenvalue weighted by molar-refractivity contribution is 0.0641. The van der Waals surface area contributed by atoms with Gasteiger partial charge in [0, 0.05) is 29.8 Å². The highest BCUT2D eigenvalue weighted by molar-refractivity contribution is 5.95. The molecular formula is C25H22F3N3O2. The maximum atomic E-state index is 13.9. The fourth-order valence-electron chi connectivity index (χ4n) is 5.66. The van der Waals surface area contributed by atoms with Crippen LogP contribution < -0.4 is 0 Å². The molecule has 0 N–H and O–H groups in total. The number of rotatable bonds is 2. The number of fused-ring (bicyclic) bond motifs is 5. The van der Waals surface area contributed by atoms with Crippen molar-refractivity contribution < 1.29 is 22.7 Å². The molecule has 3 aliphatic heterocycles. The number of hydrogen-bond acceptors (Lipinski definition) is 3. The smallest absolute Gasteiger partial charge is 0.254 e. The molecule has 2 bridgehead atoms. The van der Waals surface area contributed by atoms with Crippen LogP contribution in [0.4, 0.5) is 13.2 Å². The molecule has 6 rings (SSSR count). The van der Waals surface area contributed by atoms with Crippen molar-refractivity contribution in [3.05, 3.63) is 75.7 Å². The van der Waals surface area contributed by atoms with E-state index in [9.17, 15) is 18.0 Å². The fourth-order valence-corrected chi connectivity index (χ4v) is 5.66. The highest BCUT2D eigenvalue weighted by Crippen LogP contribution is 2.46. The van der Waals surface area contributed by atoms with E-state index in [0.717, 1.165) is 48.2 Å². The minimum absolute atomic E-state index is 0.0274. The lowest BCUT2D eigenvalue weighted by atomic mass is 9.93. The maximum absolute atomic E-state index is 13.9. The first-order chi connectivity index (χ1) is 15.9. The van der Waals surface area contributed by atoms with Crippen LogP contribution in [0.3, 0.4) is 0 Å². The van der Waals surface area contributed by atoms with Crippen molar-refractivity contribution in [3.63, 3.8) is 0 Å². The number of nitrogens with zero attached hydrogens (tertiary/aromatic N) is 3. The Morgan fingerprint density at radius 1 is 1.09 bits per heavy atom. The minimum Gasteiger partial charge on any atom is -0.376 e. The van der Waals surface area contributed by atoms with Gasteiger partial charge in [-0.1, -0.05) is 6.07 Å². The molecule has 1 aromatic heterocycles. The molecule has 33 heavy (non-hydrogen) atoms. The molecule has 3 aliphatic rings. The molecular weight excluding hydrogens is 431 g/mol. The third kappa shape index (κ3) is 3.11. The van der Waals surface area contributed by atoms with E-state index in [0.29, 0.717) is 30.9 Å². The van der Waals surface area contributed by atoms with Gasteiger partial charge in [-0.3, -0.25) is 9.48 Å². The molecule has 170 valence electrons. The van der Waals surface area contributed by atoms with Crippen LogP contribution in [0.1, 0.15) is 51.6 Å². The standard InChI is InChI=1S/C25H22F3N3O2/c1-30-24(15-9-19(26)22(28)20(27)10-15)18-11-17-4-5-21(23(18)29-30)31(17)25(32)14-3-2-13-6-7-33-12-16(13)8-14/h2-3,8-10,17,21H,4-7,11-12H2,1H3/t17?,21-/m0/s1. The van der Waals surface area contributed by atoms with Gasteiger partial charge in [-0.15, -0.1) is 0 Å². The zero-order chi connectivity index (χ0) is 22.9. The van der Waals surface area contributed by atoms with Crippen molar-refractivity contribution in [1.82, 2.24) is 14.7 Å². The summed E-state index contributed by atoms with van der Waals surface area (Å²) in [4.78, 5) is 15.5. The number of benzene rings is 2. The van der Waals surface area contributed by atoms with Gasteiger partial charge in [-0.2, -0.15) is 5.10 Å². The highest BCUT2D eigenvalue weighted by Gasteiger charge is 2.46. The summed E-state index contributed by atoms with van der Waals surface area (Å²) < 4.78 is 48.5. The van der Waals surface area contributed by atoms with E-state index in [2.05, 4.69) is 5.10 Å². The molecule has 0 saturated carbocycles. The van der Waals surface area contributed by atoms with Gasteiger partial charge in [-0.05, 0) is 61.1 Å². The van der Waals surface area contributed by atoms with E-state index in [4.69, 9.17) is 4.74 Å². The molecule has 1 saturated heterocycles. The number of amides is 1. The van der Waals surface area contributed by atoms with Gasteiger partial charge >= 0.3 is 0 Å². The molecule has 0 spiro atoms. The van der Waals surface area contributed by atoms with Crippen molar-refractivity contribution in [2.45, 2.75) is 44.4 Å². The molecule has 1 amide bonds. The number of hydrogen-bond donors (Lipinski definition) is 0. The van der Waals surface area contributed by atoms with Crippen LogP contribution in [0, 0.1) is 17.5 Å². The second-order valence-electron chi connectivity index (χ2n) is 9.04. The Labute approximate surface area is 188 Å². The Bertz CT molecular complexity index is 1280. The predicted molar refractivity (Wildman–Crippen MR) is 114 cm³/mol. The van der Waals surface area contributed by atoms with E-state index in [1.807, 2.05) is 23.1 Å². The first kappa shape index (κ1) is 20.5. The van der Waals surface area contributed by atoms with Crippen LogP contribution in [-0.4, -0.2) is 33.2 Å². The van der Waals surface area contributed by atoms with Crippen molar-refractivity contribution in [1.29, 1.82) is 0 Å². The van der Waals surface area contributed by atoms with Crippen molar-refractivity contribution in [2.75, 3.05) is 6.61 Å². The van der Waals surface area contributed by atoms with Crippen LogP contribution in [0.25, 0.3) is 11.3 Å². The monoisotopic (exact) mass is 453 g/mol. The number of aromatic nitrogens is 2. The zero-order valence-electron chi connectivity index (χ0n) is 18.1. The number of aryl methyl sites for hydroxylation is 1. The van der Waals surface area contributed by atoms with Gasteiger partial charge in [0.15, 0.2) is 17.5 Å². The van der Waals surface area contributed by atoms with Crippen LogP contribution in [0.15, 0.2) is 30.3 Å². The summed E-state index contributed by atoms with van der Waals surface area (Å²) in [5.74, 6) is -3.98. The van der Waals surface area contributed by atoms with Gasteiger partial charge in [0.05, 0.1) is 30.6 Å². The molecule has 2 aromatic carbocycles. The largest absolute Gasteiger partial charge is 0.376 e. The summed E-state index contributed by atoms with van der Waals surface area (Å²) in [6.07, 6.45) is 3.00. The Balaban J connectivity index is 1.38. The predicted octanol–water partition coefficient (Wildman–Crippen LogP) is 4.48. The van der Waals surface area contributed by atoms with E-state index >= 15 is 0 Å². The lowest BCUT2D eigenvalue weighted by Gasteiger charge is -2.34. The van der Waals surface area contributed by atoms with E-state index in [1.165, 1.54) is 5.56 Å². The number of carbonyl (C=O) groups is 1. The first-order valence-electron chi connectivity index (χ1n) is 11.1. The average molecular weight is 453 g/mol. The number of carbonyl (C=O) groups excluding carboxylic acids is 1. The summed E-state index contributed by atoms with van der Waals surface area (Å²) in [6, 6.07) is 7.61. The number of halogens is 3.